The van der Waals surface area contributed by atoms with Crippen molar-refractivity contribution in [2.24, 2.45) is 11.8 Å². The molecule has 0 amide bonds. The van der Waals surface area contributed by atoms with Gasteiger partial charge in [-0.25, -0.2) is 0 Å². The van der Waals surface area contributed by atoms with Crippen LogP contribution in [0.5, 0.6) is 0 Å². The summed E-state index contributed by atoms with van der Waals surface area (Å²) in [7, 11) is 0. The molecule has 0 aromatic carbocycles. The molecule has 1 rings (SSSR count). The largest absolute Gasteiger partial charge is 0.389 e. The summed E-state index contributed by atoms with van der Waals surface area (Å²) in [5.74, 6) is 1.38. The predicted octanol–water partition coefficient (Wildman–Crippen LogP) is 2.49. The van der Waals surface area contributed by atoms with Crippen LogP contribution in [0.1, 0.15) is 40.0 Å². The number of thiol groups is 1. The molecule has 3 atom stereocenters. The molecule has 12 heavy (non-hydrogen) atoms. The van der Waals surface area contributed by atoms with Crippen LogP contribution in [0, 0.1) is 11.8 Å². The normalized spacial score (nSPS) is 43.5. The average molecular weight is 188 g/mol. The van der Waals surface area contributed by atoms with Crippen molar-refractivity contribution in [2.45, 2.75) is 50.9 Å². The zero-order valence-corrected chi connectivity index (χ0v) is 9.14. The Morgan fingerprint density at radius 3 is 2.42 bits per heavy atom. The van der Waals surface area contributed by atoms with Crippen molar-refractivity contribution in [3.8, 4) is 0 Å². The van der Waals surface area contributed by atoms with Crippen LogP contribution in [-0.2, 0) is 0 Å². The molecule has 0 aromatic rings. The zero-order valence-electron chi connectivity index (χ0n) is 8.25. The van der Waals surface area contributed by atoms with Gasteiger partial charge in [0, 0.05) is 5.25 Å². The molecule has 72 valence electrons. The van der Waals surface area contributed by atoms with Gasteiger partial charge in [0.25, 0.3) is 0 Å². The summed E-state index contributed by atoms with van der Waals surface area (Å²) >= 11 is 4.40. The highest BCUT2D eigenvalue weighted by molar-refractivity contribution is 7.81. The van der Waals surface area contributed by atoms with Gasteiger partial charge in [0.1, 0.15) is 0 Å². The molecular formula is C10H20OS. The monoisotopic (exact) mass is 188 g/mol. The number of rotatable bonds is 1. The van der Waals surface area contributed by atoms with Gasteiger partial charge in [-0.1, -0.05) is 13.8 Å². The maximum atomic E-state index is 9.99. The van der Waals surface area contributed by atoms with Crippen molar-refractivity contribution in [3.63, 3.8) is 0 Å². The zero-order chi connectivity index (χ0) is 9.35. The van der Waals surface area contributed by atoms with Gasteiger partial charge in [-0.2, -0.15) is 12.6 Å². The molecule has 1 nitrogen and oxygen atoms in total. The standard InChI is InChI=1S/C10H20OS/c1-7(2)8-4-5-9(12)10(3,11)6-8/h7-9,11-12H,4-6H2,1-3H3/t8-,9+,10+/m0/s1. The maximum Gasteiger partial charge on any atom is 0.0738 e. The fourth-order valence-corrected chi connectivity index (χ4v) is 2.28. The van der Waals surface area contributed by atoms with Crippen LogP contribution in [0.15, 0.2) is 0 Å². The Hall–Kier alpha value is 0.310. The predicted molar refractivity (Wildman–Crippen MR) is 55.6 cm³/mol. The van der Waals surface area contributed by atoms with E-state index < -0.39 is 5.60 Å². The lowest BCUT2D eigenvalue weighted by atomic mass is 9.74. The lowest BCUT2D eigenvalue weighted by molar-refractivity contribution is -0.00125. The number of hydrogen-bond acceptors (Lipinski definition) is 2. The highest BCUT2D eigenvalue weighted by Crippen LogP contribution is 2.38. The van der Waals surface area contributed by atoms with Gasteiger partial charge in [0.2, 0.25) is 0 Å². The third-order valence-electron chi connectivity index (χ3n) is 3.15. The fourth-order valence-electron chi connectivity index (χ4n) is 2.02. The molecule has 1 saturated carbocycles. The molecule has 0 unspecified atom stereocenters. The molecule has 0 radical (unpaired) electrons. The summed E-state index contributed by atoms with van der Waals surface area (Å²) < 4.78 is 0. The van der Waals surface area contributed by atoms with Crippen LogP contribution >= 0.6 is 12.6 Å². The SMILES string of the molecule is CC(C)[C@H]1CC[C@@H](S)[C@](C)(O)C1. The molecule has 1 aliphatic carbocycles. The van der Waals surface area contributed by atoms with Crippen molar-refractivity contribution >= 4 is 12.6 Å². The molecule has 1 N–H and O–H groups in total. The van der Waals surface area contributed by atoms with E-state index in [-0.39, 0.29) is 5.25 Å². The Bertz CT molecular complexity index is 154. The van der Waals surface area contributed by atoms with Gasteiger partial charge >= 0.3 is 0 Å². The van der Waals surface area contributed by atoms with Crippen molar-refractivity contribution in [2.75, 3.05) is 0 Å². The van der Waals surface area contributed by atoms with Crippen LogP contribution < -0.4 is 0 Å². The van der Waals surface area contributed by atoms with Gasteiger partial charge in [-0.05, 0) is 38.0 Å². The molecule has 0 aromatic heterocycles. The van der Waals surface area contributed by atoms with Crippen molar-refractivity contribution < 1.29 is 5.11 Å². The molecule has 1 aliphatic rings. The van der Waals surface area contributed by atoms with Crippen LogP contribution in [-0.4, -0.2) is 16.0 Å². The van der Waals surface area contributed by atoms with Crippen LogP contribution in [0.25, 0.3) is 0 Å². The summed E-state index contributed by atoms with van der Waals surface area (Å²) in [6, 6.07) is 0. The van der Waals surface area contributed by atoms with Crippen LogP contribution in [0.2, 0.25) is 0 Å². The quantitative estimate of drug-likeness (QED) is 0.606. The molecule has 0 heterocycles. The maximum absolute atomic E-state index is 9.99. The van der Waals surface area contributed by atoms with E-state index in [0.29, 0.717) is 11.8 Å². The molecule has 1 fully saturated rings. The highest BCUT2D eigenvalue weighted by Gasteiger charge is 2.37. The second kappa shape index (κ2) is 3.59. The Kier molecular flexibility index (Phi) is 3.11. The third-order valence-corrected chi connectivity index (χ3v) is 3.96. The molecule has 0 spiro atoms. The van der Waals surface area contributed by atoms with Crippen LogP contribution in [0.4, 0.5) is 0 Å². The Morgan fingerprint density at radius 1 is 1.42 bits per heavy atom. The van der Waals surface area contributed by atoms with E-state index in [1.54, 1.807) is 0 Å². The number of aliphatic hydroxyl groups is 1. The summed E-state index contributed by atoms with van der Waals surface area (Å²) in [6.45, 7) is 6.39. The molecule has 0 bridgehead atoms. The molecule has 2 heteroatoms. The van der Waals surface area contributed by atoms with E-state index in [2.05, 4.69) is 26.5 Å². The first-order chi connectivity index (χ1) is 5.43. The first kappa shape index (κ1) is 10.4. The van der Waals surface area contributed by atoms with Crippen molar-refractivity contribution in [1.82, 2.24) is 0 Å². The third kappa shape index (κ3) is 2.17. The van der Waals surface area contributed by atoms with Gasteiger partial charge in [-0.15, -0.1) is 0 Å². The van der Waals surface area contributed by atoms with E-state index in [4.69, 9.17) is 0 Å². The summed E-state index contributed by atoms with van der Waals surface area (Å²) in [4.78, 5) is 0. The second-order valence-corrected chi connectivity index (χ2v) is 5.28. The topological polar surface area (TPSA) is 20.2 Å². The lowest BCUT2D eigenvalue weighted by Crippen LogP contribution is -2.42. The molecule has 0 aliphatic heterocycles. The Labute approximate surface area is 81.0 Å². The van der Waals surface area contributed by atoms with Crippen molar-refractivity contribution in [1.29, 1.82) is 0 Å². The number of hydrogen-bond donors (Lipinski definition) is 2. The average Bonchev–Trinajstić information content (AvgIpc) is 1.94. The van der Waals surface area contributed by atoms with Gasteiger partial charge in [0.15, 0.2) is 0 Å². The minimum Gasteiger partial charge on any atom is -0.389 e. The highest BCUT2D eigenvalue weighted by atomic mass is 32.1. The van der Waals surface area contributed by atoms with E-state index in [1.165, 1.54) is 6.42 Å². The Balaban J connectivity index is 2.57. The van der Waals surface area contributed by atoms with Gasteiger partial charge in [-0.3, -0.25) is 0 Å². The minimum atomic E-state index is -0.545. The molecule has 0 saturated heterocycles. The summed E-state index contributed by atoms with van der Waals surface area (Å²) in [5, 5.41) is 10.2. The van der Waals surface area contributed by atoms with Crippen molar-refractivity contribution in [3.05, 3.63) is 0 Å². The van der Waals surface area contributed by atoms with E-state index in [1.807, 2.05) is 6.92 Å². The van der Waals surface area contributed by atoms with E-state index in [9.17, 15) is 5.11 Å². The summed E-state index contributed by atoms with van der Waals surface area (Å²) in [6.07, 6.45) is 3.19. The fraction of sp³-hybridized carbons (Fsp3) is 1.00. The summed E-state index contributed by atoms with van der Waals surface area (Å²) in [5.41, 5.74) is -0.545. The van der Waals surface area contributed by atoms with Gasteiger partial charge in [0.05, 0.1) is 5.60 Å². The van der Waals surface area contributed by atoms with Crippen LogP contribution in [0.3, 0.4) is 0 Å². The first-order valence-corrected chi connectivity index (χ1v) is 5.35. The lowest BCUT2D eigenvalue weighted by Gasteiger charge is -2.40. The first-order valence-electron chi connectivity index (χ1n) is 4.84. The Morgan fingerprint density at radius 2 is 2.00 bits per heavy atom. The van der Waals surface area contributed by atoms with E-state index in [0.717, 1.165) is 12.8 Å². The minimum absolute atomic E-state index is 0.174. The van der Waals surface area contributed by atoms with Gasteiger partial charge < -0.3 is 5.11 Å². The second-order valence-electron chi connectivity index (χ2n) is 4.66. The van der Waals surface area contributed by atoms with E-state index >= 15 is 0 Å². The smallest absolute Gasteiger partial charge is 0.0738 e. The molecular weight excluding hydrogens is 168 g/mol.